The number of hydrogen-bond donors (Lipinski definition) is 1. The number of halogens is 1. The second-order valence-corrected chi connectivity index (χ2v) is 5.99. The van der Waals surface area contributed by atoms with Crippen LogP contribution in [0.4, 0.5) is 0 Å². The Morgan fingerprint density at radius 1 is 1.33 bits per heavy atom. The van der Waals surface area contributed by atoms with Crippen molar-refractivity contribution in [1.82, 2.24) is 10.2 Å². The van der Waals surface area contributed by atoms with Crippen LogP contribution in [0.5, 0.6) is 0 Å². The molecule has 4 heteroatoms. The van der Waals surface area contributed by atoms with Gasteiger partial charge in [-0.25, -0.2) is 0 Å². The Bertz CT molecular complexity index is 457. The molecule has 1 N–H and O–H groups in total. The van der Waals surface area contributed by atoms with Crippen LogP contribution in [0.15, 0.2) is 28.7 Å². The Balaban J connectivity index is 1.64. The third-order valence-corrected chi connectivity index (χ3v) is 4.31. The van der Waals surface area contributed by atoms with E-state index in [1.807, 2.05) is 17.0 Å². The summed E-state index contributed by atoms with van der Waals surface area (Å²) in [5, 5.41) is 3.28. The molecule has 3 nitrogen and oxygen atoms in total. The standard InChI is InChI=1S/C14H17BrN2O/c15-11-3-1-2-10(8-11)12-9-13(12)14(18)17-6-4-16-5-7-17/h1-3,8,12-13,16H,4-7,9H2/t12-,13+/m0/s1. The molecular formula is C14H17BrN2O. The molecule has 1 aromatic rings. The van der Waals surface area contributed by atoms with Crippen LogP contribution in [-0.4, -0.2) is 37.0 Å². The van der Waals surface area contributed by atoms with Crippen molar-refractivity contribution in [1.29, 1.82) is 0 Å². The third kappa shape index (κ3) is 2.45. The number of piperazine rings is 1. The highest BCUT2D eigenvalue weighted by Gasteiger charge is 2.45. The highest BCUT2D eigenvalue weighted by Crippen LogP contribution is 2.48. The summed E-state index contributed by atoms with van der Waals surface area (Å²) in [7, 11) is 0. The number of hydrogen-bond acceptors (Lipinski definition) is 2. The summed E-state index contributed by atoms with van der Waals surface area (Å²) in [4.78, 5) is 14.3. The predicted octanol–water partition coefficient (Wildman–Crippen LogP) is 1.98. The van der Waals surface area contributed by atoms with E-state index in [0.29, 0.717) is 11.8 Å². The molecule has 1 aliphatic heterocycles. The smallest absolute Gasteiger partial charge is 0.226 e. The van der Waals surface area contributed by atoms with E-state index in [0.717, 1.165) is 37.1 Å². The van der Waals surface area contributed by atoms with Crippen molar-refractivity contribution in [2.75, 3.05) is 26.2 Å². The average Bonchev–Trinajstić information content (AvgIpc) is 3.19. The Morgan fingerprint density at radius 2 is 2.11 bits per heavy atom. The first-order chi connectivity index (χ1) is 8.75. The molecule has 18 heavy (non-hydrogen) atoms. The van der Waals surface area contributed by atoms with Gasteiger partial charge in [-0.1, -0.05) is 28.1 Å². The van der Waals surface area contributed by atoms with Gasteiger partial charge in [-0.15, -0.1) is 0 Å². The quantitative estimate of drug-likeness (QED) is 0.906. The monoisotopic (exact) mass is 308 g/mol. The fourth-order valence-electron chi connectivity index (χ4n) is 2.69. The third-order valence-electron chi connectivity index (χ3n) is 3.81. The first-order valence-electron chi connectivity index (χ1n) is 6.50. The van der Waals surface area contributed by atoms with Gasteiger partial charge in [0.25, 0.3) is 0 Å². The van der Waals surface area contributed by atoms with Crippen LogP contribution >= 0.6 is 15.9 Å². The van der Waals surface area contributed by atoms with Crippen molar-refractivity contribution >= 4 is 21.8 Å². The zero-order chi connectivity index (χ0) is 12.5. The van der Waals surface area contributed by atoms with Gasteiger partial charge in [-0.2, -0.15) is 0 Å². The molecule has 96 valence electrons. The molecular weight excluding hydrogens is 292 g/mol. The molecule has 1 aromatic carbocycles. The fraction of sp³-hybridized carbons (Fsp3) is 0.500. The first kappa shape index (κ1) is 12.2. The summed E-state index contributed by atoms with van der Waals surface area (Å²) in [6, 6.07) is 8.33. The van der Waals surface area contributed by atoms with E-state index in [4.69, 9.17) is 0 Å². The van der Waals surface area contributed by atoms with Crippen LogP contribution in [0.3, 0.4) is 0 Å². The van der Waals surface area contributed by atoms with Crippen molar-refractivity contribution in [2.24, 2.45) is 5.92 Å². The second kappa shape index (κ2) is 5.02. The number of nitrogens with zero attached hydrogens (tertiary/aromatic N) is 1. The van der Waals surface area contributed by atoms with Crippen LogP contribution in [0.1, 0.15) is 17.9 Å². The molecule has 1 aliphatic carbocycles. The number of carbonyl (C=O) groups excluding carboxylic acids is 1. The van der Waals surface area contributed by atoms with Gasteiger partial charge in [0, 0.05) is 36.6 Å². The van der Waals surface area contributed by atoms with Crippen LogP contribution in [0.25, 0.3) is 0 Å². The van der Waals surface area contributed by atoms with E-state index in [1.165, 1.54) is 5.56 Å². The lowest BCUT2D eigenvalue weighted by molar-refractivity contribution is -0.133. The van der Waals surface area contributed by atoms with Crippen LogP contribution < -0.4 is 5.32 Å². The minimum absolute atomic E-state index is 0.220. The topological polar surface area (TPSA) is 32.3 Å². The summed E-state index contributed by atoms with van der Waals surface area (Å²) >= 11 is 3.49. The predicted molar refractivity (Wildman–Crippen MR) is 74.4 cm³/mol. The lowest BCUT2D eigenvalue weighted by Gasteiger charge is -2.27. The Labute approximate surface area is 116 Å². The van der Waals surface area contributed by atoms with Gasteiger partial charge in [0.1, 0.15) is 0 Å². The number of rotatable bonds is 2. The normalized spacial score (nSPS) is 27.1. The number of amides is 1. The van der Waals surface area contributed by atoms with E-state index in [2.05, 4.69) is 33.4 Å². The van der Waals surface area contributed by atoms with Crippen molar-refractivity contribution in [3.8, 4) is 0 Å². The summed E-state index contributed by atoms with van der Waals surface area (Å²) in [5.41, 5.74) is 1.29. The highest BCUT2D eigenvalue weighted by atomic mass is 79.9. The van der Waals surface area contributed by atoms with Gasteiger partial charge in [-0.05, 0) is 30.0 Å². The summed E-state index contributed by atoms with van der Waals surface area (Å²) in [6.07, 6.45) is 1.01. The maximum Gasteiger partial charge on any atom is 0.226 e. The second-order valence-electron chi connectivity index (χ2n) is 5.08. The largest absolute Gasteiger partial charge is 0.340 e. The number of nitrogens with one attached hydrogen (secondary N) is 1. The van der Waals surface area contributed by atoms with Crippen LogP contribution in [0, 0.1) is 5.92 Å². The Hall–Kier alpha value is -0.870. The zero-order valence-corrected chi connectivity index (χ0v) is 11.8. The Morgan fingerprint density at radius 3 is 2.83 bits per heavy atom. The molecule has 1 saturated heterocycles. The summed E-state index contributed by atoms with van der Waals surface area (Å²) in [5.74, 6) is 1.00. The molecule has 0 unspecified atom stereocenters. The minimum atomic E-state index is 0.220. The molecule has 1 saturated carbocycles. The van der Waals surface area contributed by atoms with Gasteiger partial charge in [0.2, 0.25) is 5.91 Å². The maximum atomic E-state index is 12.3. The number of carbonyl (C=O) groups is 1. The average molecular weight is 309 g/mol. The van der Waals surface area contributed by atoms with Gasteiger partial charge < -0.3 is 10.2 Å². The fourth-order valence-corrected chi connectivity index (χ4v) is 3.11. The molecule has 2 atom stereocenters. The highest BCUT2D eigenvalue weighted by molar-refractivity contribution is 9.10. The minimum Gasteiger partial charge on any atom is -0.340 e. The summed E-state index contributed by atoms with van der Waals surface area (Å²) in [6.45, 7) is 3.58. The number of benzene rings is 1. The zero-order valence-electron chi connectivity index (χ0n) is 10.2. The van der Waals surface area contributed by atoms with Crippen molar-refractivity contribution < 1.29 is 4.79 Å². The molecule has 1 amide bonds. The molecule has 2 fully saturated rings. The molecule has 2 aliphatic rings. The lowest BCUT2D eigenvalue weighted by atomic mass is 10.1. The molecule has 0 bridgehead atoms. The van der Waals surface area contributed by atoms with E-state index in [9.17, 15) is 4.79 Å². The van der Waals surface area contributed by atoms with Gasteiger partial charge in [-0.3, -0.25) is 4.79 Å². The van der Waals surface area contributed by atoms with Crippen molar-refractivity contribution in [3.05, 3.63) is 34.3 Å². The lowest BCUT2D eigenvalue weighted by Crippen LogP contribution is -2.47. The van der Waals surface area contributed by atoms with E-state index in [1.54, 1.807) is 0 Å². The van der Waals surface area contributed by atoms with Gasteiger partial charge in [0.05, 0.1) is 0 Å². The maximum absolute atomic E-state index is 12.3. The van der Waals surface area contributed by atoms with E-state index in [-0.39, 0.29) is 5.92 Å². The van der Waals surface area contributed by atoms with Crippen LogP contribution in [0.2, 0.25) is 0 Å². The molecule has 3 rings (SSSR count). The van der Waals surface area contributed by atoms with Crippen molar-refractivity contribution in [2.45, 2.75) is 12.3 Å². The molecule has 0 spiro atoms. The Kier molecular flexibility index (Phi) is 3.39. The molecule has 0 aromatic heterocycles. The van der Waals surface area contributed by atoms with E-state index >= 15 is 0 Å². The van der Waals surface area contributed by atoms with Gasteiger partial charge >= 0.3 is 0 Å². The van der Waals surface area contributed by atoms with Gasteiger partial charge in [0.15, 0.2) is 0 Å². The first-order valence-corrected chi connectivity index (χ1v) is 7.30. The van der Waals surface area contributed by atoms with Crippen LogP contribution in [-0.2, 0) is 4.79 Å². The molecule has 0 radical (unpaired) electrons. The van der Waals surface area contributed by atoms with Crippen molar-refractivity contribution in [3.63, 3.8) is 0 Å². The SMILES string of the molecule is O=C([C@@H]1C[C@H]1c1cccc(Br)c1)N1CCNCC1. The van der Waals surface area contributed by atoms with E-state index < -0.39 is 0 Å². The summed E-state index contributed by atoms with van der Waals surface area (Å²) < 4.78 is 1.10. The molecule has 1 heterocycles.